The molecule has 2 nitrogen and oxygen atoms in total. The molecule has 0 spiro atoms. The molecule has 1 saturated carbocycles. The number of ether oxygens (including phenoxy) is 1. The molecule has 0 unspecified atom stereocenters. The summed E-state index contributed by atoms with van der Waals surface area (Å²) in [7, 11) is 0. The van der Waals surface area contributed by atoms with E-state index < -0.39 is 0 Å². The third kappa shape index (κ3) is 3.98. The summed E-state index contributed by atoms with van der Waals surface area (Å²) < 4.78 is 5.88. The van der Waals surface area contributed by atoms with Crippen LogP contribution in [-0.4, -0.2) is 17.8 Å². The van der Waals surface area contributed by atoms with Gasteiger partial charge in [0, 0.05) is 11.6 Å². The van der Waals surface area contributed by atoms with Crippen LogP contribution in [0.15, 0.2) is 24.3 Å². The molecule has 1 fully saturated rings. The molecule has 1 aromatic carbocycles. The summed E-state index contributed by atoms with van der Waals surface area (Å²) in [6.07, 6.45) is 4.66. The Kier molecular flexibility index (Phi) is 4.84. The first kappa shape index (κ1) is 12.9. The minimum absolute atomic E-state index is 0.323. The molecule has 0 heterocycles. The molecule has 3 heteroatoms. The van der Waals surface area contributed by atoms with Gasteiger partial charge in [-0.05, 0) is 49.3 Å². The summed E-state index contributed by atoms with van der Waals surface area (Å²) >= 11 is 5.83. The van der Waals surface area contributed by atoms with Gasteiger partial charge in [-0.25, -0.2) is 0 Å². The fourth-order valence-electron chi connectivity index (χ4n) is 2.28. The average Bonchev–Trinajstić information content (AvgIpc) is 2.39. The molecule has 2 rings (SSSR count). The lowest BCUT2D eigenvalue weighted by Crippen LogP contribution is -2.23. The summed E-state index contributed by atoms with van der Waals surface area (Å²) in [6, 6.07) is 7.79. The Bertz CT molecular complexity index is 329. The number of hydrogen-bond donors (Lipinski definition) is 1. The number of aliphatic hydroxyl groups excluding tert-OH is 1. The van der Waals surface area contributed by atoms with Crippen LogP contribution in [0.25, 0.3) is 0 Å². The van der Waals surface area contributed by atoms with Gasteiger partial charge in [0.15, 0.2) is 0 Å². The lowest BCUT2D eigenvalue weighted by atomic mass is 9.88. The van der Waals surface area contributed by atoms with Crippen molar-refractivity contribution in [2.24, 2.45) is 5.92 Å². The van der Waals surface area contributed by atoms with Crippen molar-refractivity contribution >= 4 is 11.6 Å². The largest absolute Gasteiger partial charge is 0.396 e. The Balaban J connectivity index is 1.74. The van der Waals surface area contributed by atoms with Gasteiger partial charge in [0.1, 0.15) is 0 Å². The van der Waals surface area contributed by atoms with E-state index in [1.165, 1.54) is 5.56 Å². The van der Waals surface area contributed by atoms with Gasteiger partial charge in [-0.1, -0.05) is 23.7 Å². The molecular weight excluding hydrogens is 236 g/mol. The van der Waals surface area contributed by atoms with Crippen LogP contribution in [0.5, 0.6) is 0 Å². The lowest BCUT2D eigenvalue weighted by Gasteiger charge is -2.27. The van der Waals surface area contributed by atoms with E-state index in [0.717, 1.165) is 30.7 Å². The highest BCUT2D eigenvalue weighted by molar-refractivity contribution is 6.30. The molecule has 0 atom stereocenters. The van der Waals surface area contributed by atoms with Gasteiger partial charge in [-0.2, -0.15) is 0 Å². The Morgan fingerprint density at radius 3 is 2.35 bits per heavy atom. The Morgan fingerprint density at radius 2 is 1.76 bits per heavy atom. The summed E-state index contributed by atoms with van der Waals surface area (Å²) in [5.74, 6) is 0.491. The van der Waals surface area contributed by atoms with Crippen molar-refractivity contribution in [3.05, 3.63) is 34.9 Å². The van der Waals surface area contributed by atoms with Crippen LogP contribution >= 0.6 is 11.6 Å². The van der Waals surface area contributed by atoms with Crippen molar-refractivity contribution in [1.82, 2.24) is 0 Å². The molecule has 1 N–H and O–H groups in total. The van der Waals surface area contributed by atoms with Crippen LogP contribution in [0.2, 0.25) is 5.02 Å². The molecule has 0 bridgehead atoms. The molecule has 0 aliphatic heterocycles. The highest BCUT2D eigenvalue weighted by atomic mass is 35.5. The molecule has 0 saturated heterocycles. The lowest BCUT2D eigenvalue weighted by molar-refractivity contribution is 0.00120. The van der Waals surface area contributed by atoms with Crippen LogP contribution < -0.4 is 0 Å². The van der Waals surface area contributed by atoms with Crippen molar-refractivity contribution in [2.75, 3.05) is 6.61 Å². The van der Waals surface area contributed by atoms with E-state index in [9.17, 15) is 0 Å². The summed E-state index contributed by atoms with van der Waals surface area (Å²) in [6.45, 7) is 0.982. The first-order valence-corrected chi connectivity index (χ1v) is 6.62. The van der Waals surface area contributed by atoms with Crippen LogP contribution in [0, 0.1) is 5.92 Å². The zero-order valence-corrected chi connectivity index (χ0v) is 10.7. The van der Waals surface area contributed by atoms with E-state index in [2.05, 4.69) is 0 Å². The summed E-state index contributed by atoms with van der Waals surface area (Å²) in [5.41, 5.74) is 1.17. The fraction of sp³-hybridized carbons (Fsp3) is 0.571. The normalized spacial score (nSPS) is 24.8. The van der Waals surface area contributed by atoms with E-state index in [0.29, 0.717) is 25.2 Å². The average molecular weight is 255 g/mol. The minimum atomic E-state index is 0.323. The predicted molar refractivity (Wildman–Crippen MR) is 69.1 cm³/mol. The van der Waals surface area contributed by atoms with Gasteiger partial charge in [-0.3, -0.25) is 0 Å². The van der Waals surface area contributed by atoms with Crippen molar-refractivity contribution in [3.8, 4) is 0 Å². The molecule has 0 amide bonds. The van der Waals surface area contributed by atoms with Crippen LogP contribution in [-0.2, 0) is 11.3 Å². The molecule has 1 aliphatic rings. The monoisotopic (exact) mass is 254 g/mol. The molecule has 1 aliphatic carbocycles. The maximum atomic E-state index is 9.06. The SMILES string of the molecule is OCC1CCC(OCc2ccc(Cl)cc2)CC1. The minimum Gasteiger partial charge on any atom is -0.396 e. The first-order chi connectivity index (χ1) is 8.28. The van der Waals surface area contributed by atoms with E-state index in [4.69, 9.17) is 21.4 Å². The zero-order chi connectivity index (χ0) is 12.1. The molecule has 1 aromatic rings. The number of hydrogen-bond acceptors (Lipinski definition) is 2. The Labute approximate surface area is 108 Å². The van der Waals surface area contributed by atoms with Crippen molar-refractivity contribution < 1.29 is 9.84 Å². The second-order valence-electron chi connectivity index (χ2n) is 4.76. The zero-order valence-electron chi connectivity index (χ0n) is 9.94. The number of rotatable bonds is 4. The maximum absolute atomic E-state index is 9.06. The van der Waals surface area contributed by atoms with E-state index in [1.807, 2.05) is 24.3 Å². The van der Waals surface area contributed by atoms with E-state index in [1.54, 1.807) is 0 Å². The van der Waals surface area contributed by atoms with Crippen molar-refractivity contribution in [2.45, 2.75) is 38.4 Å². The fourth-order valence-corrected chi connectivity index (χ4v) is 2.40. The first-order valence-electron chi connectivity index (χ1n) is 6.25. The van der Waals surface area contributed by atoms with Gasteiger partial charge >= 0.3 is 0 Å². The summed E-state index contributed by atoms with van der Waals surface area (Å²) in [4.78, 5) is 0. The van der Waals surface area contributed by atoms with Gasteiger partial charge in [-0.15, -0.1) is 0 Å². The topological polar surface area (TPSA) is 29.5 Å². The molecule has 0 aromatic heterocycles. The predicted octanol–water partition coefficient (Wildman–Crippen LogP) is 3.41. The van der Waals surface area contributed by atoms with Crippen molar-refractivity contribution in [1.29, 1.82) is 0 Å². The van der Waals surface area contributed by atoms with Crippen LogP contribution in [0.1, 0.15) is 31.2 Å². The third-order valence-corrected chi connectivity index (χ3v) is 3.70. The second kappa shape index (κ2) is 6.39. The van der Waals surface area contributed by atoms with Gasteiger partial charge in [0.25, 0.3) is 0 Å². The van der Waals surface area contributed by atoms with Gasteiger partial charge in [0.05, 0.1) is 12.7 Å². The highest BCUT2D eigenvalue weighted by Crippen LogP contribution is 2.26. The van der Waals surface area contributed by atoms with Crippen LogP contribution in [0.4, 0.5) is 0 Å². The standard InChI is InChI=1S/C14H19ClO2/c15-13-5-1-12(2-6-13)10-17-14-7-3-11(9-16)4-8-14/h1-2,5-6,11,14,16H,3-4,7-10H2. The van der Waals surface area contributed by atoms with E-state index in [-0.39, 0.29) is 0 Å². The Morgan fingerprint density at radius 1 is 1.12 bits per heavy atom. The second-order valence-corrected chi connectivity index (χ2v) is 5.20. The number of halogens is 1. The quantitative estimate of drug-likeness (QED) is 0.892. The Hall–Kier alpha value is -0.570. The molecule has 17 heavy (non-hydrogen) atoms. The summed E-state index contributed by atoms with van der Waals surface area (Å²) in [5, 5.41) is 9.82. The van der Waals surface area contributed by atoms with Gasteiger partial charge in [0.2, 0.25) is 0 Å². The highest BCUT2D eigenvalue weighted by Gasteiger charge is 2.20. The molecule has 94 valence electrons. The maximum Gasteiger partial charge on any atom is 0.0720 e. The number of aliphatic hydroxyl groups is 1. The third-order valence-electron chi connectivity index (χ3n) is 3.45. The molecule has 0 radical (unpaired) electrons. The van der Waals surface area contributed by atoms with E-state index >= 15 is 0 Å². The smallest absolute Gasteiger partial charge is 0.0720 e. The number of benzene rings is 1. The van der Waals surface area contributed by atoms with Gasteiger partial charge < -0.3 is 9.84 Å². The van der Waals surface area contributed by atoms with Crippen molar-refractivity contribution in [3.63, 3.8) is 0 Å². The van der Waals surface area contributed by atoms with Crippen LogP contribution in [0.3, 0.4) is 0 Å². The molecular formula is C14H19ClO2.